The smallest absolute Gasteiger partial charge is 0.133 e. The maximum Gasteiger partial charge on any atom is 0.133 e. The van der Waals surface area contributed by atoms with E-state index in [-0.39, 0.29) is 6.61 Å². The van der Waals surface area contributed by atoms with Crippen molar-refractivity contribution in [3.05, 3.63) is 24.8 Å². The number of halogens is 2. The highest BCUT2D eigenvalue weighted by Gasteiger charge is 2.21. The topological polar surface area (TPSA) is 46.9 Å². The van der Waals surface area contributed by atoms with E-state index in [1.54, 1.807) is 0 Å². The van der Waals surface area contributed by atoms with Crippen LogP contribution in [0.15, 0.2) is 12.1 Å². The van der Waals surface area contributed by atoms with E-state index in [0.29, 0.717) is 11.7 Å². The van der Waals surface area contributed by atoms with Crippen LogP contribution in [0.4, 0.5) is 0 Å². The highest BCUT2D eigenvalue weighted by atomic mass is 127. The van der Waals surface area contributed by atoms with Gasteiger partial charge in [0, 0.05) is 35.3 Å². The summed E-state index contributed by atoms with van der Waals surface area (Å²) in [6.45, 7) is 5.02. The van der Waals surface area contributed by atoms with Crippen LogP contribution in [-0.2, 0) is 6.54 Å². The SMILES string of the molecule is CN(Cc1cc(I)cc(I)c1O)CC1CCCN(CCO)C1. The number of β-amino-alcohol motifs (C(OH)–C–C–N with tert-alkyl or cyclic N) is 1. The van der Waals surface area contributed by atoms with Crippen LogP contribution in [0.25, 0.3) is 0 Å². The molecule has 1 heterocycles. The summed E-state index contributed by atoms with van der Waals surface area (Å²) in [6, 6.07) is 4.06. The second-order valence-electron chi connectivity index (χ2n) is 6.12. The van der Waals surface area contributed by atoms with Crippen LogP contribution in [0.1, 0.15) is 18.4 Å². The molecule has 1 aromatic rings. The Bertz CT molecular complexity index is 497. The van der Waals surface area contributed by atoms with Gasteiger partial charge in [-0.05, 0) is 89.7 Å². The van der Waals surface area contributed by atoms with Gasteiger partial charge >= 0.3 is 0 Å². The molecule has 2 N–H and O–H groups in total. The van der Waals surface area contributed by atoms with Crippen molar-refractivity contribution in [1.82, 2.24) is 9.80 Å². The fourth-order valence-electron chi connectivity index (χ4n) is 3.18. The van der Waals surface area contributed by atoms with Crippen molar-refractivity contribution in [3.63, 3.8) is 0 Å². The molecule has 0 spiro atoms. The van der Waals surface area contributed by atoms with Crippen molar-refractivity contribution in [2.45, 2.75) is 19.4 Å². The summed E-state index contributed by atoms with van der Waals surface area (Å²) in [5.41, 5.74) is 1.00. The lowest BCUT2D eigenvalue weighted by Gasteiger charge is -2.34. The monoisotopic (exact) mass is 530 g/mol. The summed E-state index contributed by atoms with van der Waals surface area (Å²) in [7, 11) is 2.12. The van der Waals surface area contributed by atoms with Crippen LogP contribution in [-0.4, -0.2) is 59.8 Å². The molecule has 0 radical (unpaired) electrons. The third-order valence-electron chi connectivity index (χ3n) is 4.14. The number of rotatable bonds is 6. The van der Waals surface area contributed by atoms with Crippen LogP contribution in [0.3, 0.4) is 0 Å². The van der Waals surface area contributed by atoms with Crippen LogP contribution >= 0.6 is 45.2 Å². The van der Waals surface area contributed by atoms with Gasteiger partial charge in [0.05, 0.1) is 10.2 Å². The fraction of sp³-hybridized carbons (Fsp3) is 0.625. The molecular weight excluding hydrogens is 506 g/mol. The number of phenols is 1. The maximum atomic E-state index is 10.2. The number of aromatic hydroxyl groups is 1. The number of piperidine rings is 1. The lowest BCUT2D eigenvalue weighted by atomic mass is 9.97. The quantitative estimate of drug-likeness (QED) is 0.556. The predicted octanol–water partition coefficient (Wildman–Crippen LogP) is 2.74. The molecule has 1 fully saturated rings. The van der Waals surface area contributed by atoms with Crippen LogP contribution in [0, 0.1) is 13.1 Å². The van der Waals surface area contributed by atoms with Crippen molar-refractivity contribution >= 4 is 45.2 Å². The Morgan fingerprint density at radius 3 is 2.86 bits per heavy atom. The summed E-state index contributed by atoms with van der Waals surface area (Å²) in [5, 5.41) is 19.3. The van der Waals surface area contributed by atoms with Gasteiger partial charge in [0.15, 0.2) is 0 Å². The molecule has 0 amide bonds. The number of likely N-dealkylation sites (tertiary alicyclic amines) is 1. The Labute approximate surface area is 160 Å². The number of benzene rings is 1. The van der Waals surface area contributed by atoms with E-state index in [1.165, 1.54) is 12.8 Å². The Morgan fingerprint density at radius 2 is 2.14 bits per heavy atom. The number of aliphatic hydroxyl groups is 1. The first-order valence-electron chi connectivity index (χ1n) is 7.68. The lowest BCUT2D eigenvalue weighted by molar-refractivity contribution is 0.119. The predicted molar refractivity (Wildman–Crippen MR) is 106 cm³/mol. The first kappa shape index (κ1) is 18.7. The van der Waals surface area contributed by atoms with Gasteiger partial charge in [0.1, 0.15) is 5.75 Å². The van der Waals surface area contributed by atoms with Crippen molar-refractivity contribution in [2.75, 3.05) is 39.8 Å². The van der Waals surface area contributed by atoms with Gasteiger partial charge in [-0.1, -0.05) is 0 Å². The Balaban J connectivity index is 1.91. The summed E-state index contributed by atoms with van der Waals surface area (Å²) >= 11 is 4.48. The lowest BCUT2D eigenvalue weighted by Crippen LogP contribution is -2.41. The van der Waals surface area contributed by atoms with Gasteiger partial charge in [-0.3, -0.25) is 0 Å². The van der Waals surface area contributed by atoms with Gasteiger partial charge in [-0.2, -0.15) is 0 Å². The highest BCUT2D eigenvalue weighted by Crippen LogP contribution is 2.28. The second-order valence-corrected chi connectivity index (χ2v) is 8.53. The minimum absolute atomic E-state index is 0.247. The molecule has 1 unspecified atom stereocenters. The molecule has 0 bridgehead atoms. The Hall–Kier alpha value is 0.360. The molecule has 22 heavy (non-hydrogen) atoms. The zero-order chi connectivity index (χ0) is 16.1. The molecule has 1 atom stereocenters. The third-order valence-corrected chi connectivity index (χ3v) is 5.58. The van der Waals surface area contributed by atoms with E-state index >= 15 is 0 Å². The zero-order valence-electron chi connectivity index (χ0n) is 12.9. The average Bonchev–Trinajstić information content (AvgIpc) is 2.45. The fourth-order valence-corrected chi connectivity index (χ4v) is 5.15. The first-order valence-corrected chi connectivity index (χ1v) is 9.84. The van der Waals surface area contributed by atoms with E-state index < -0.39 is 0 Å². The van der Waals surface area contributed by atoms with Gasteiger partial charge in [-0.25, -0.2) is 0 Å². The molecule has 0 saturated carbocycles. The van der Waals surface area contributed by atoms with E-state index in [2.05, 4.69) is 68.1 Å². The molecule has 4 nitrogen and oxygen atoms in total. The molecule has 0 aliphatic carbocycles. The van der Waals surface area contributed by atoms with E-state index in [1.807, 2.05) is 6.07 Å². The summed E-state index contributed by atoms with van der Waals surface area (Å²) in [4.78, 5) is 4.65. The second kappa shape index (κ2) is 9.00. The molecule has 1 aromatic carbocycles. The van der Waals surface area contributed by atoms with Crippen molar-refractivity contribution in [3.8, 4) is 5.75 Å². The standard InChI is InChI=1S/C16H24I2N2O2/c1-19(9-12-3-2-4-20(10-12)5-6-21)11-13-7-14(17)8-15(18)16(13)22/h7-8,12,21-22H,2-6,9-11H2,1H3. The van der Waals surface area contributed by atoms with E-state index in [4.69, 9.17) is 5.11 Å². The minimum Gasteiger partial charge on any atom is -0.507 e. The molecule has 6 heteroatoms. The van der Waals surface area contributed by atoms with Crippen molar-refractivity contribution < 1.29 is 10.2 Å². The number of phenolic OH excluding ortho intramolecular Hbond substituents is 1. The number of hydrogen-bond acceptors (Lipinski definition) is 4. The van der Waals surface area contributed by atoms with Gasteiger partial charge in [0.2, 0.25) is 0 Å². The Kier molecular flexibility index (Phi) is 7.65. The summed E-state index contributed by atoms with van der Waals surface area (Å²) in [5.74, 6) is 1.06. The van der Waals surface area contributed by atoms with E-state index in [0.717, 1.165) is 45.4 Å². The summed E-state index contributed by atoms with van der Waals surface area (Å²) in [6.07, 6.45) is 2.47. The molecule has 1 saturated heterocycles. The number of hydrogen-bond donors (Lipinski definition) is 2. The number of nitrogens with zero attached hydrogens (tertiary/aromatic N) is 2. The zero-order valence-corrected chi connectivity index (χ0v) is 17.2. The minimum atomic E-state index is 0.247. The van der Waals surface area contributed by atoms with Gasteiger partial charge in [-0.15, -0.1) is 0 Å². The average molecular weight is 530 g/mol. The molecule has 2 rings (SSSR count). The van der Waals surface area contributed by atoms with Gasteiger partial charge < -0.3 is 20.0 Å². The largest absolute Gasteiger partial charge is 0.507 e. The molecule has 124 valence electrons. The van der Waals surface area contributed by atoms with Crippen LogP contribution in [0.2, 0.25) is 0 Å². The number of aliphatic hydroxyl groups excluding tert-OH is 1. The normalized spacial score (nSPS) is 19.8. The molecular formula is C16H24I2N2O2. The molecule has 1 aliphatic heterocycles. The van der Waals surface area contributed by atoms with Crippen molar-refractivity contribution in [1.29, 1.82) is 0 Å². The molecule has 1 aliphatic rings. The Morgan fingerprint density at radius 1 is 1.36 bits per heavy atom. The van der Waals surface area contributed by atoms with Crippen LogP contribution < -0.4 is 0 Å². The summed E-state index contributed by atoms with van der Waals surface area (Å²) < 4.78 is 2.08. The third kappa shape index (κ3) is 5.47. The van der Waals surface area contributed by atoms with Crippen LogP contribution in [0.5, 0.6) is 5.75 Å². The highest BCUT2D eigenvalue weighted by molar-refractivity contribution is 14.1. The molecule has 0 aromatic heterocycles. The first-order chi connectivity index (χ1) is 10.5. The van der Waals surface area contributed by atoms with Crippen molar-refractivity contribution in [2.24, 2.45) is 5.92 Å². The van der Waals surface area contributed by atoms with Gasteiger partial charge in [0.25, 0.3) is 0 Å². The maximum absolute atomic E-state index is 10.2. The van der Waals surface area contributed by atoms with E-state index in [9.17, 15) is 5.11 Å².